The highest BCUT2D eigenvalue weighted by molar-refractivity contribution is 4.91. The zero-order valence-electron chi connectivity index (χ0n) is 9.09. The van der Waals surface area contributed by atoms with Gasteiger partial charge in [0.05, 0.1) is 0 Å². The van der Waals surface area contributed by atoms with Crippen LogP contribution in [-0.4, -0.2) is 25.1 Å². The second kappa shape index (κ2) is 9.49. The van der Waals surface area contributed by atoms with Gasteiger partial charge in [-0.15, -0.1) is 0 Å². The van der Waals surface area contributed by atoms with Crippen molar-refractivity contribution in [1.82, 2.24) is 10.4 Å². The molecule has 0 spiro atoms. The number of rotatable bonds is 7. The smallest absolute Gasteiger partial charge is 0.0162 e. The molecule has 0 aliphatic heterocycles. The molecule has 0 atom stereocenters. The van der Waals surface area contributed by atoms with Crippen LogP contribution in [0.15, 0.2) is 24.3 Å². The minimum Gasteiger partial charge on any atom is -0.256 e. The van der Waals surface area contributed by atoms with E-state index < -0.39 is 0 Å². The van der Waals surface area contributed by atoms with Crippen LogP contribution >= 0.6 is 0 Å². The fourth-order valence-corrected chi connectivity index (χ4v) is 1.05. The van der Waals surface area contributed by atoms with Gasteiger partial charge in [0.1, 0.15) is 0 Å². The summed E-state index contributed by atoms with van der Waals surface area (Å²) in [4.78, 5) is 0. The van der Waals surface area contributed by atoms with E-state index in [1.165, 1.54) is 0 Å². The molecule has 0 aromatic rings. The van der Waals surface area contributed by atoms with Crippen molar-refractivity contribution in [3.8, 4) is 0 Å². The topological polar surface area (TPSA) is 15.3 Å². The minimum atomic E-state index is 0.999. The van der Waals surface area contributed by atoms with Crippen LogP contribution in [0.4, 0.5) is 0 Å². The lowest BCUT2D eigenvalue weighted by Gasteiger charge is -2.15. The third-order valence-electron chi connectivity index (χ3n) is 1.73. The Hall–Kier alpha value is -0.600. The summed E-state index contributed by atoms with van der Waals surface area (Å²) in [6, 6.07) is 0. The van der Waals surface area contributed by atoms with Crippen LogP contribution in [0.2, 0.25) is 0 Å². The normalized spacial score (nSPS) is 12.3. The molecule has 0 radical (unpaired) electrons. The third kappa shape index (κ3) is 9.31. The molecule has 2 heteroatoms. The summed E-state index contributed by atoms with van der Waals surface area (Å²) in [5, 5.41) is 2.12. The minimum absolute atomic E-state index is 0.999. The SMILES string of the molecule is C/C=C/C/C=C/CCN(C)NCC. The van der Waals surface area contributed by atoms with E-state index in [9.17, 15) is 0 Å². The quantitative estimate of drug-likeness (QED) is 0.480. The van der Waals surface area contributed by atoms with Gasteiger partial charge in [-0.05, 0) is 19.8 Å². The zero-order chi connectivity index (χ0) is 9.94. The van der Waals surface area contributed by atoms with Gasteiger partial charge in [0.2, 0.25) is 0 Å². The Morgan fingerprint density at radius 3 is 2.62 bits per heavy atom. The molecule has 0 aliphatic rings. The molecule has 0 heterocycles. The highest BCUT2D eigenvalue weighted by atomic mass is 15.5. The van der Waals surface area contributed by atoms with E-state index in [4.69, 9.17) is 0 Å². The Balaban J connectivity index is 3.27. The summed E-state index contributed by atoms with van der Waals surface area (Å²) in [7, 11) is 2.07. The van der Waals surface area contributed by atoms with Gasteiger partial charge in [0, 0.05) is 20.1 Å². The van der Waals surface area contributed by atoms with Gasteiger partial charge in [-0.25, -0.2) is 5.01 Å². The lowest BCUT2D eigenvalue weighted by atomic mass is 10.3. The molecule has 1 N–H and O–H groups in total. The van der Waals surface area contributed by atoms with Gasteiger partial charge in [0.25, 0.3) is 0 Å². The molecule has 0 fully saturated rings. The van der Waals surface area contributed by atoms with Crippen molar-refractivity contribution in [3.63, 3.8) is 0 Å². The summed E-state index contributed by atoms with van der Waals surface area (Å²) >= 11 is 0. The number of nitrogens with zero attached hydrogens (tertiary/aromatic N) is 1. The van der Waals surface area contributed by atoms with Crippen LogP contribution in [0.25, 0.3) is 0 Å². The fourth-order valence-electron chi connectivity index (χ4n) is 1.05. The van der Waals surface area contributed by atoms with Gasteiger partial charge >= 0.3 is 0 Å². The second-order valence-electron chi connectivity index (χ2n) is 3.00. The summed E-state index contributed by atoms with van der Waals surface area (Å²) < 4.78 is 0. The number of hydrogen-bond acceptors (Lipinski definition) is 2. The molecule has 76 valence electrons. The van der Waals surface area contributed by atoms with Gasteiger partial charge < -0.3 is 0 Å². The maximum Gasteiger partial charge on any atom is 0.0162 e. The predicted molar refractivity (Wildman–Crippen MR) is 59.5 cm³/mol. The molecule has 2 nitrogen and oxygen atoms in total. The van der Waals surface area contributed by atoms with Crippen molar-refractivity contribution >= 4 is 0 Å². The summed E-state index contributed by atoms with van der Waals surface area (Å²) in [6.07, 6.45) is 10.8. The molecule has 0 aliphatic carbocycles. The van der Waals surface area contributed by atoms with Gasteiger partial charge in [-0.2, -0.15) is 0 Å². The van der Waals surface area contributed by atoms with Crippen molar-refractivity contribution in [1.29, 1.82) is 0 Å². The predicted octanol–water partition coefficient (Wildman–Crippen LogP) is 2.36. The number of nitrogens with one attached hydrogen (secondary N) is 1. The molecule has 0 amide bonds. The van der Waals surface area contributed by atoms with E-state index in [0.717, 1.165) is 25.9 Å². The summed E-state index contributed by atoms with van der Waals surface area (Å²) in [6.45, 7) is 6.23. The zero-order valence-corrected chi connectivity index (χ0v) is 9.09. The standard InChI is InChI=1S/C11H22N2/c1-4-6-7-8-9-10-11-13(3)12-5-2/h4,6,8-9,12H,5,7,10-11H2,1-3H3/b6-4+,9-8+. The Morgan fingerprint density at radius 2 is 2.00 bits per heavy atom. The Kier molecular flexibility index (Phi) is 9.05. The van der Waals surface area contributed by atoms with Crippen molar-refractivity contribution in [2.24, 2.45) is 0 Å². The highest BCUT2D eigenvalue weighted by Crippen LogP contribution is 1.90. The summed E-state index contributed by atoms with van der Waals surface area (Å²) in [5.41, 5.74) is 3.23. The molecule has 13 heavy (non-hydrogen) atoms. The lowest BCUT2D eigenvalue weighted by molar-refractivity contribution is 0.246. The van der Waals surface area contributed by atoms with E-state index >= 15 is 0 Å². The molecule has 0 aromatic heterocycles. The van der Waals surface area contributed by atoms with Crippen molar-refractivity contribution in [3.05, 3.63) is 24.3 Å². The first kappa shape index (κ1) is 12.4. The van der Waals surface area contributed by atoms with E-state index in [2.05, 4.69) is 48.7 Å². The van der Waals surface area contributed by atoms with Crippen LogP contribution in [0.3, 0.4) is 0 Å². The molecule has 0 bridgehead atoms. The molecular weight excluding hydrogens is 160 g/mol. The van der Waals surface area contributed by atoms with E-state index in [1.54, 1.807) is 0 Å². The number of allylic oxidation sites excluding steroid dienone is 3. The van der Waals surface area contributed by atoms with Crippen molar-refractivity contribution < 1.29 is 0 Å². The maximum absolute atomic E-state index is 3.23. The Bertz CT molecular complexity index is 150. The molecule has 0 saturated carbocycles. The lowest BCUT2D eigenvalue weighted by Crippen LogP contribution is -2.34. The third-order valence-corrected chi connectivity index (χ3v) is 1.73. The first-order valence-corrected chi connectivity index (χ1v) is 5.02. The van der Waals surface area contributed by atoms with E-state index in [0.29, 0.717) is 0 Å². The van der Waals surface area contributed by atoms with Crippen LogP contribution in [0.5, 0.6) is 0 Å². The van der Waals surface area contributed by atoms with Gasteiger partial charge in [-0.1, -0.05) is 31.2 Å². The molecule has 0 rings (SSSR count). The van der Waals surface area contributed by atoms with Gasteiger partial charge in [0.15, 0.2) is 0 Å². The average Bonchev–Trinajstić information content (AvgIpc) is 2.11. The van der Waals surface area contributed by atoms with Crippen molar-refractivity contribution in [2.45, 2.75) is 26.7 Å². The van der Waals surface area contributed by atoms with Crippen molar-refractivity contribution in [2.75, 3.05) is 20.1 Å². The van der Waals surface area contributed by atoms with E-state index in [1.807, 2.05) is 6.92 Å². The monoisotopic (exact) mass is 182 g/mol. The largest absolute Gasteiger partial charge is 0.256 e. The first-order valence-electron chi connectivity index (χ1n) is 5.02. The highest BCUT2D eigenvalue weighted by Gasteiger charge is 1.90. The van der Waals surface area contributed by atoms with Crippen LogP contribution in [0, 0.1) is 0 Å². The van der Waals surface area contributed by atoms with Gasteiger partial charge in [-0.3, -0.25) is 5.43 Å². The molecule has 0 saturated heterocycles. The van der Waals surface area contributed by atoms with Crippen LogP contribution < -0.4 is 5.43 Å². The maximum atomic E-state index is 3.23. The van der Waals surface area contributed by atoms with Crippen LogP contribution in [0.1, 0.15) is 26.7 Å². The fraction of sp³-hybridized carbons (Fsp3) is 0.636. The molecule has 0 unspecified atom stereocenters. The molecular formula is C11H22N2. The van der Waals surface area contributed by atoms with Crippen LogP contribution in [-0.2, 0) is 0 Å². The summed E-state index contributed by atoms with van der Waals surface area (Å²) in [5.74, 6) is 0. The number of hydrazine groups is 1. The average molecular weight is 182 g/mol. The second-order valence-corrected chi connectivity index (χ2v) is 3.00. The van der Waals surface area contributed by atoms with E-state index in [-0.39, 0.29) is 0 Å². The molecule has 0 aromatic carbocycles. The Morgan fingerprint density at radius 1 is 1.23 bits per heavy atom. The number of hydrogen-bond donors (Lipinski definition) is 1. The Labute approximate surface area is 82.3 Å². The first-order chi connectivity index (χ1) is 6.31.